The quantitative estimate of drug-likeness (QED) is 0.516. The van der Waals surface area contributed by atoms with Gasteiger partial charge in [0.1, 0.15) is 12.4 Å². The van der Waals surface area contributed by atoms with E-state index in [1.54, 1.807) is 12.1 Å². The second kappa shape index (κ2) is 6.60. The zero-order chi connectivity index (χ0) is 15.6. The van der Waals surface area contributed by atoms with Gasteiger partial charge in [-0.2, -0.15) is 0 Å². The normalized spacial score (nSPS) is 10.5. The second-order valence-corrected chi connectivity index (χ2v) is 5.75. The molecule has 110 valence electrons. The monoisotopic (exact) mass is 393 g/mol. The van der Waals surface area contributed by atoms with Crippen LogP contribution >= 0.6 is 39.1 Å². The lowest BCUT2D eigenvalue weighted by atomic mass is 10.2. The van der Waals surface area contributed by atoms with Crippen LogP contribution in [0.3, 0.4) is 0 Å². The van der Waals surface area contributed by atoms with Gasteiger partial charge in [0.2, 0.25) is 0 Å². The van der Waals surface area contributed by atoms with Crippen molar-refractivity contribution in [3.8, 4) is 5.75 Å². The molecule has 0 spiro atoms. The van der Waals surface area contributed by atoms with Crippen molar-refractivity contribution >= 4 is 44.8 Å². The van der Waals surface area contributed by atoms with Crippen molar-refractivity contribution < 1.29 is 14.1 Å². The minimum Gasteiger partial charge on any atom is -0.486 e. The van der Waals surface area contributed by atoms with Gasteiger partial charge < -0.3 is 4.74 Å². The zero-order valence-electron chi connectivity index (χ0n) is 10.3. The Morgan fingerprint density at radius 1 is 1.24 bits per heavy atom. The first kappa shape index (κ1) is 16.0. The summed E-state index contributed by atoms with van der Waals surface area (Å²) in [5.74, 6) is -0.371. The first-order valence-electron chi connectivity index (χ1n) is 5.58. The van der Waals surface area contributed by atoms with E-state index in [2.05, 4.69) is 15.9 Å². The average Bonchev–Trinajstić information content (AvgIpc) is 2.39. The van der Waals surface area contributed by atoms with Gasteiger partial charge in [0.05, 0.1) is 15.0 Å². The number of nitrogens with zero attached hydrogens (tertiary/aromatic N) is 1. The summed E-state index contributed by atoms with van der Waals surface area (Å²) in [7, 11) is 0. The largest absolute Gasteiger partial charge is 0.486 e. The molecule has 0 unspecified atom stereocenters. The summed E-state index contributed by atoms with van der Waals surface area (Å²) < 4.78 is 19.6. The van der Waals surface area contributed by atoms with Gasteiger partial charge in [0, 0.05) is 22.2 Å². The molecule has 0 aliphatic rings. The lowest BCUT2D eigenvalue weighted by molar-refractivity contribution is -0.384. The predicted molar refractivity (Wildman–Crippen MR) is 81.5 cm³/mol. The molecule has 0 saturated heterocycles. The van der Waals surface area contributed by atoms with Gasteiger partial charge in [-0.05, 0) is 12.1 Å². The SMILES string of the molecule is O=[N+]([O-])c1cc(Cl)c(OCc2ccc(Br)cc2F)c(Cl)c1. The highest BCUT2D eigenvalue weighted by Gasteiger charge is 2.16. The highest BCUT2D eigenvalue weighted by Crippen LogP contribution is 2.37. The lowest BCUT2D eigenvalue weighted by Gasteiger charge is -2.10. The fourth-order valence-electron chi connectivity index (χ4n) is 1.58. The van der Waals surface area contributed by atoms with Gasteiger partial charge in [-0.25, -0.2) is 4.39 Å². The Labute approximate surface area is 137 Å². The van der Waals surface area contributed by atoms with Crippen LogP contribution in [0.2, 0.25) is 10.0 Å². The number of halogens is 4. The minimum atomic E-state index is -0.615. The molecule has 8 heteroatoms. The van der Waals surface area contributed by atoms with Crippen LogP contribution in [0.1, 0.15) is 5.56 Å². The summed E-state index contributed by atoms with van der Waals surface area (Å²) in [4.78, 5) is 10.1. The number of nitro groups is 1. The topological polar surface area (TPSA) is 52.4 Å². The van der Waals surface area contributed by atoms with Crippen LogP contribution < -0.4 is 4.74 Å². The number of rotatable bonds is 4. The molecule has 2 aromatic carbocycles. The van der Waals surface area contributed by atoms with Crippen LogP contribution in [0.25, 0.3) is 0 Å². The molecular weight excluding hydrogens is 388 g/mol. The molecule has 0 bridgehead atoms. The molecule has 0 fully saturated rings. The third-order valence-electron chi connectivity index (χ3n) is 2.58. The predicted octanol–water partition coefficient (Wildman–Crippen LogP) is 5.38. The Hall–Kier alpha value is -1.37. The van der Waals surface area contributed by atoms with Crippen LogP contribution in [0, 0.1) is 15.9 Å². The van der Waals surface area contributed by atoms with E-state index in [0.717, 1.165) is 12.1 Å². The van der Waals surface area contributed by atoms with Gasteiger partial charge in [-0.3, -0.25) is 10.1 Å². The molecular formula is C13H7BrCl2FNO3. The maximum absolute atomic E-state index is 13.7. The Balaban J connectivity index is 2.22. The van der Waals surface area contributed by atoms with Gasteiger partial charge in [0.15, 0.2) is 5.75 Å². The van der Waals surface area contributed by atoms with E-state index in [-0.39, 0.29) is 28.1 Å². The molecule has 0 saturated carbocycles. The number of hydrogen-bond donors (Lipinski definition) is 0. The highest BCUT2D eigenvalue weighted by molar-refractivity contribution is 9.10. The third-order valence-corrected chi connectivity index (χ3v) is 3.64. The molecule has 0 radical (unpaired) electrons. The van der Waals surface area contributed by atoms with Gasteiger partial charge in [0.25, 0.3) is 5.69 Å². The lowest BCUT2D eigenvalue weighted by Crippen LogP contribution is -2.00. The third kappa shape index (κ3) is 3.84. The van der Waals surface area contributed by atoms with Gasteiger partial charge >= 0.3 is 0 Å². The molecule has 0 heterocycles. The fourth-order valence-corrected chi connectivity index (χ4v) is 2.50. The van der Waals surface area contributed by atoms with E-state index in [1.165, 1.54) is 6.07 Å². The number of hydrogen-bond acceptors (Lipinski definition) is 3. The maximum Gasteiger partial charge on any atom is 0.272 e. The van der Waals surface area contributed by atoms with Crippen molar-refractivity contribution in [2.24, 2.45) is 0 Å². The van der Waals surface area contributed by atoms with Gasteiger partial charge in [-0.1, -0.05) is 45.2 Å². The number of ether oxygens (including phenoxy) is 1. The first-order chi connectivity index (χ1) is 9.88. The van der Waals surface area contributed by atoms with Crippen molar-refractivity contribution in [1.82, 2.24) is 0 Å². The van der Waals surface area contributed by atoms with E-state index in [0.29, 0.717) is 10.0 Å². The summed E-state index contributed by atoms with van der Waals surface area (Å²) in [5, 5.41) is 10.7. The number of nitro benzene ring substituents is 1. The summed E-state index contributed by atoms with van der Waals surface area (Å²) in [6, 6.07) is 6.77. The molecule has 4 nitrogen and oxygen atoms in total. The standard InChI is InChI=1S/C13H7BrCl2FNO3/c14-8-2-1-7(12(17)3-8)6-21-13-10(15)4-9(18(19)20)5-11(13)16/h1-5H,6H2. The number of benzene rings is 2. The summed E-state index contributed by atoms with van der Waals surface area (Å²) >= 11 is 14.9. The molecule has 2 rings (SSSR count). The summed E-state index contributed by atoms with van der Waals surface area (Å²) in [6.07, 6.45) is 0. The van der Waals surface area contributed by atoms with E-state index in [1.807, 2.05) is 0 Å². The minimum absolute atomic E-state index is 0.00767. The molecule has 0 aromatic heterocycles. The summed E-state index contributed by atoms with van der Waals surface area (Å²) in [5.41, 5.74) is 0.0656. The molecule has 0 atom stereocenters. The molecule has 0 N–H and O–H groups in total. The van der Waals surface area contributed by atoms with Crippen molar-refractivity contribution in [3.05, 3.63) is 66.3 Å². The smallest absolute Gasteiger partial charge is 0.272 e. The Kier molecular flexibility index (Phi) is 5.03. The van der Waals surface area contributed by atoms with E-state index >= 15 is 0 Å². The van der Waals surface area contributed by atoms with Gasteiger partial charge in [-0.15, -0.1) is 0 Å². The maximum atomic E-state index is 13.7. The summed E-state index contributed by atoms with van der Waals surface area (Å²) in [6.45, 7) is -0.101. The van der Waals surface area contributed by atoms with Crippen LogP contribution in [-0.4, -0.2) is 4.92 Å². The van der Waals surface area contributed by atoms with E-state index in [9.17, 15) is 14.5 Å². The van der Waals surface area contributed by atoms with Crippen LogP contribution in [-0.2, 0) is 6.61 Å². The molecule has 0 aliphatic heterocycles. The van der Waals surface area contributed by atoms with Crippen LogP contribution in [0.15, 0.2) is 34.8 Å². The molecule has 0 amide bonds. The van der Waals surface area contributed by atoms with Crippen molar-refractivity contribution in [2.45, 2.75) is 6.61 Å². The van der Waals surface area contributed by atoms with Crippen molar-refractivity contribution in [2.75, 3.05) is 0 Å². The molecule has 21 heavy (non-hydrogen) atoms. The first-order valence-corrected chi connectivity index (χ1v) is 7.13. The zero-order valence-corrected chi connectivity index (χ0v) is 13.4. The average molecular weight is 395 g/mol. The van der Waals surface area contributed by atoms with Crippen molar-refractivity contribution in [3.63, 3.8) is 0 Å². The Morgan fingerprint density at radius 2 is 1.86 bits per heavy atom. The van der Waals surface area contributed by atoms with E-state index < -0.39 is 10.7 Å². The van der Waals surface area contributed by atoms with Crippen molar-refractivity contribution in [1.29, 1.82) is 0 Å². The molecule has 2 aromatic rings. The Morgan fingerprint density at radius 3 is 2.38 bits per heavy atom. The fraction of sp³-hybridized carbons (Fsp3) is 0.0769. The van der Waals surface area contributed by atoms with E-state index in [4.69, 9.17) is 27.9 Å². The Bertz CT molecular complexity index is 689. The highest BCUT2D eigenvalue weighted by atomic mass is 79.9. The molecule has 0 aliphatic carbocycles. The van der Waals surface area contributed by atoms with Crippen LogP contribution in [0.5, 0.6) is 5.75 Å². The number of non-ortho nitro benzene ring substituents is 1. The second-order valence-electron chi connectivity index (χ2n) is 4.02. The van der Waals surface area contributed by atoms with Crippen LogP contribution in [0.4, 0.5) is 10.1 Å².